The van der Waals surface area contributed by atoms with Gasteiger partial charge in [0.25, 0.3) is 0 Å². The fraction of sp³-hybridized carbons (Fsp3) is 0.467. The molecule has 3 aromatic heterocycles. The molecule has 0 aromatic carbocycles. The third-order valence-corrected chi connectivity index (χ3v) is 4.34. The Morgan fingerprint density at radius 1 is 0.913 bits per heavy atom. The zero-order valence-corrected chi connectivity index (χ0v) is 13.0. The van der Waals surface area contributed by atoms with Gasteiger partial charge < -0.3 is 0 Å². The third kappa shape index (κ3) is 3.22. The third-order valence-electron chi connectivity index (χ3n) is 4.34. The SMILES string of the molecule is c1cc(CN2CCN(CCn3cncn3)CC2)n2ncnc2c1. The maximum Gasteiger partial charge on any atom is 0.155 e. The smallest absolute Gasteiger partial charge is 0.155 e. The van der Waals surface area contributed by atoms with E-state index in [9.17, 15) is 0 Å². The minimum Gasteiger partial charge on any atom is -0.299 e. The molecule has 8 heteroatoms. The van der Waals surface area contributed by atoms with Crippen molar-refractivity contribution in [1.29, 1.82) is 0 Å². The van der Waals surface area contributed by atoms with E-state index in [0.29, 0.717) is 0 Å². The van der Waals surface area contributed by atoms with Crippen LogP contribution in [0.1, 0.15) is 5.69 Å². The predicted molar refractivity (Wildman–Crippen MR) is 84.7 cm³/mol. The zero-order valence-electron chi connectivity index (χ0n) is 13.0. The first-order chi connectivity index (χ1) is 11.4. The number of piperazine rings is 1. The molecule has 1 saturated heterocycles. The van der Waals surface area contributed by atoms with Crippen LogP contribution in [0.3, 0.4) is 0 Å². The highest BCUT2D eigenvalue weighted by Gasteiger charge is 2.17. The Bertz CT molecular complexity index is 742. The summed E-state index contributed by atoms with van der Waals surface area (Å²) in [6.45, 7) is 7.15. The van der Waals surface area contributed by atoms with Crippen LogP contribution in [0.4, 0.5) is 0 Å². The van der Waals surface area contributed by atoms with Crippen molar-refractivity contribution in [2.75, 3.05) is 32.7 Å². The number of aromatic nitrogens is 6. The van der Waals surface area contributed by atoms with Crippen LogP contribution in [-0.2, 0) is 13.1 Å². The summed E-state index contributed by atoms with van der Waals surface area (Å²) in [5.41, 5.74) is 2.10. The van der Waals surface area contributed by atoms with E-state index in [-0.39, 0.29) is 0 Å². The topological polar surface area (TPSA) is 67.4 Å². The van der Waals surface area contributed by atoms with Gasteiger partial charge >= 0.3 is 0 Å². The summed E-state index contributed by atoms with van der Waals surface area (Å²) in [5, 5.41) is 8.46. The molecule has 4 heterocycles. The van der Waals surface area contributed by atoms with E-state index >= 15 is 0 Å². The van der Waals surface area contributed by atoms with Crippen LogP contribution in [0.25, 0.3) is 5.65 Å². The van der Waals surface area contributed by atoms with Gasteiger partial charge in [0.2, 0.25) is 0 Å². The first kappa shape index (κ1) is 14.3. The molecule has 4 rings (SSSR count). The lowest BCUT2D eigenvalue weighted by atomic mass is 10.2. The number of hydrogen-bond donors (Lipinski definition) is 0. The van der Waals surface area contributed by atoms with E-state index < -0.39 is 0 Å². The lowest BCUT2D eigenvalue weighted by Gasteiger charge is -2.34. The first-order valence-electron chi connectivity index (χ1n) is 7.93. The lowest BCUT2D eigenvalue weighted by Crippen LogP contribution is -2.46. The fourth-order valence-corrected chi connectivity index (χ4v) is 3.01. The maximum atomic E-state index is 4.31. The molecule has 0 radical (unpaired) electrons. The molecular formula is C15H20N8. The average Bonchev–Trinajstić information content (AvgIpc) is 3.26. The molecule has 1 aliphatic heterocycles. The van der Waals surface area contributed by atoms with E-state index in [1.807, 2.05) is 21.3 Å². The van der Waals surface area contributed by atoms with Crippen LogP contribution in [-0.4, -0.2) is 71.9 Å². The van der Waals surface area contributed by atoms with Crippen molar-refractivity contribution < 1.29 is 0 Å². The van der Waals surface area contributed by atoms with E-state index in [4.69, 9.17) is 0 Å². The highest BCUT2D eigenvalue weighted by molar-refractivity contribution is 5.37. The molecule has 8 nitrogen and oxygen atoms in total. The molecule has 0 amide bonds. The Morgan fingerprint density at radius 3 is 2.61 bits per heavy atom. The van der Waals surface area contributed by atoms with Gasteiger partial charge in [0.05, 0.1) is 12.2 Å². The van der Waals surface area contributed by atoms with Crippen molar-refractivity contribution in [2.45, 2.75) is 13.1 Å². The number of fused-ring (bicyclic) bond motifs is 1. The van der Waals surface area contributed by atoms with Crippen LogP contribution >= 0.6 is 0 Å². The van der Waals surface area contributed by atoms with Gasteiger partial charge in [0, 0.05) is 39.3 Å². The van der Waals surface area contributed by atoms with Crippen molar-refractivity contribution in [3.63, 3.8) is 0 Å². The monoisotopic (exact) mass is 312 g/mol. The minimum absolute atomic E-state index is 0.901. The molecule has 0 aliphatic carbocycles. The van der Waals surface area contributed by atoms with Crippen molar-refractivity contribution in [3.05, 3.63) is 42.9 Å². The van der Waals surface area contributed by atoms with Gasteiger partial charge in [-0.25, -0.2) is 14.5 Å². The molecule has 3 aromatic rings. The Balaban J connectivity index is 1.30. The molecule has 0 bridgehead atoms. The summed E-state index contributed by atoms with van der Waals surface area (Å²) in [5.74, 6) is 0. The molecule has 23 heavy (non-hydrogen) atoms. The molecule has 1 aliphatic rings. The van der Waals surface area contributed by atoms with Gasteiger partial charge in [-0.2, -0.15) is 10.2 Å². The zero-order chi connectivity index (χ0) is 15.5. The normalized spacial score (nSPS) is 17.0. The maximum absolute atomic E-state index is 4.31. The van der Waals surface area contributed by atoms with Gasteiger partial charge in [0.15, 0.2) is 5.65 Å². The average molecular weight is 312 g/mol. The molecule has 0 atom stereocenters. The summed E-state index contributed by atoms with van der Waals surface area (Å²) < 4.78 is 3.81. The van der Waals surface area contributed by atoms with Crippen LogP contribution in [0.5, 0.6) is 0 Å². The summed E-state index contributed by atoms with van der Waals surface area (Å²) in [6.07, 6.45) is 4.97. The molecule has 0 spiro atoms. The summed E-state index contributed by atoms with van der Waals surface area (Å²) >= 11 is 0. The van der Waals surface area contributed by atoms with Crippen LogP contribution in [0, 0.1) is 0 Å². The molecule has 1 fully saturated rings. The standard InChI is InChI=1S/C15H20N8/c1-2-14(23-15(3-1)17-12-19-23)10-21-6-4-20(5-7-21)8-9-22-13-16-11-18-22/h1-3,11-13H,4-10H2. The molecular weight excluding hydrogens is 292 g/mol. The Morgan fingerprint density at radius 2 is 1.78 bits per heavy atom. The second kappa shape index (κ2) is 6.43. The minimum atomic E-state index is 0.901. The fourth-order valence-electron chi connectivity index (χ4n) is 3.01. The molecule has 0 N–H and O–H groups in total. The second-order valence-corrected chi connectivity index (χ2v) is 5.82. The van der Waals surface area contributed by atoms with Crippen LogP contribution in [0.2, 0.25) is 0 Å². The lowest BCUT2D eigenvalue weighted by molar-refractivity contribution is 0.121. The van der Waals surface area contributed by atoms with Crippen molar-refractivity contribution in [2.24, 2.45) is 0 Å². The Hall–Kier alpha value is -2.32. The van der Waals surface area contributed by atoms with Crippen molar-refractivity contribution >= 4 is 5.65 Å². The highest BCUT2D eigenvalue weighted by atomic mass is 15.3. The van der Waals surface area contributed by atoms with E-state index in [1.54, 1.807) is 19.0 Å². The molecule has 0 saturated carbocycles. The summed E-state index contributed by atoms with van der Waals surface area (Å²) in [4.78, 5) is 13.2. The van der Waals surface area contributed by atoms with Gasteiger partial charge in [-0.3, -0.25) is 14.5 Å². The van der Waals surface area contributed by atoms with Gasteiger partial charge in [-0.05, 0) is 12.1 Å². The first-order valence-corrected chi connectivity index (χ1v) is 7.93. The number of nitrogens with zero attached hydrogens (tertiary/aromatic N) is 8. The number of rotatable bonds is 5. The molecule has 0 unspecified atom stereocenters. The summed E-state index contributed by atoms with van der Waals surface area (Å²) in [7, 11) is 0. The van der Waals surface area contributed by atoms with E-state index in [0.717, 1.165) is 51.5 Å². The quantitative estimate of drug-likeness (QED) is 0.667. The van der Waals surface area contributed by atoms with Crippen LogP contribution < -0.4 is 0 Å². The summed E-state index contributed by atoms with van der Waals surface area (Å²) in [6, 6.07) is 6.16. The van der Waals surface area contributed by atoms with E-state index in [2.05, 4.69) is 36.0 Å². The van der Waals surface area contributed by atoms with Gasteiger partial charge in [-0.1, -0.05) is 6.07 Å². The second-order valence-electron chi connectivity index (χ2n) is 5.82. The van der Waals surface area contributed by atoms with Gasteiger partial charge in [-0.15, -0.1) is 0 Å². The highest BCUT2D eigenvalue weighted by Crippen LogP contribution is 2.10. The Kier molecular flexibility index (Phi) is 3.99. The largest absolute Gasteiger partial charge is 0.299 e. The predicted octanol–water partition coefficient (Wildman–Crippen LogP) is 0.139. The van der Waals surface area contributed by atoms with Crippen molar-refractivity contribution in [1.82, 2.24) is 39.2 Å². The Labute approximate surface area is 134 Å². The van der Waals surface area contributed by atoms with Gasteiger partial charge in [0.1, 0.15) is 19.0 Å². The van der Waals surface area contributed by atoms with Crippen LogP contribution in [0.15, 0.2) is 37.2 Å². The van der Waals surface area contributed by atoms with E-state index in [1.165, 1.54) is 5.69 Å². The molecule has 120 valence electrons. The number of pyridine rings is 1. The number of hydrogen-bond acceptors (Lipinski definition) is 6. The van der Waals surface area contributed by atoms with Crippen molar-refractivity contribution in [3.8, 4) is 0 Å².